The highest BCUT2D eigenvalue weighted by molar-refractivity contribution is 7.47. The smallest absolute Gasteiger partial charge is 0.462 e. The standard InChI is InChI=1S/C44H83O12P/c1-3-5-7-9-11-12-13-14-15-16-17-18-19-20-21-25-29-33-43(49)53-37-40(38-55-57(51,52)54-36-39(46)35-45)56-44(50)34-30-26-22-24-28-32-42(48)41(47)31-27-23-10-8-6-4-2/h14-15,23,27,39-42,45-48H,3-13,16-22,24-26,28-38H2,1-2H3,(H,51,52)/b15-14-,27-23-/t39-,40+,41-,42-/m0/s1. The van der Waals surface area contributed by atoms with Crippen LogP contribution in [0.4, 0.5) is 0 Å². The number of aliphatic hydroxyl groups excluding tert-OH is 4. The Balaban J connectivity index is 4.39. The van der Waals surface area contributed by atoms with Crippen molar-refractivity contribution >= 4 is 19.8 Å². The number of carbonyl (C=O) groups is 2. The number of hydrogen-bond acceptors (Lipinski definition) is 11. The first-order valence-electron chi connectivity index (χ1n) is 22.5. The van der Waals surface area contributed by atoms with Crippen molar-refractivity contribution in [1.82, 2.24) is 0 Å². The molecule has 0 aromatic heterocycles. The average molecular weight is 835 g/mol. The minimum Gasteiger partial charge on any atom is -0.462 e. The number of phosphoric ester groups is 1. The van der Waals surface area contributed by atoms with Gasteiger partial charge in [-0.1, -0.05) is 141 Å². The molecule has 0 aliphatic rings. The van der Waals surface area contributed by atoms with Gasteiger partial charge in [0, 0.05) is 12.8 Å². The summed E-state index contributed by atoms with van der Waals surface area (Å²) >= 11 is 0. The van der Waals surface area contributed by atoms with E-state index in [0.717, 1.165) is 64.2 Å². The van der Waals surface area contributed by atoms with Crippen molar-refractivity contribution in [3.63, 3.8) is 0 Å². The van der Waals surface area contributed by atoms with Crippen LogP contribution in [0, 0.1) is 0 Å². The number of aliphatic hydroxyl groups is 4. The molecule has 0 radical (unpaired) electrons. The molecule has 0 saturated carbocycles. The van der Waals surface area contributed by atoms with Gasteiger partial charge in [-0.25, -0.2) is 4.57 Å². The SMILES string of the molecule is CCCCC/C=C\C[C@H](O)[C@@H](O)CCCCCCCC(=O)O[C@H](COC(=O)CCCCCCCCC/C=C\CCCCCCCC)COP(=O)(O)OC[C@@H](O)CO. The highest BCUT2D eigenvalue weighted by Crippen LogP contribution is 2.43. The molecule has 5 atom stereocenters. The van der Waals surface area contributed by atoms with Crippen LogP contribution in [0.5, 0.6) is 0 Å². The minimum atomic E-state index is -4.66. The molecule has 336 valence electrons. The quantitative estimate of drug-likeness (QED) is 0.0170. The average Bonchev–Trinajstić information content (AvgIpc) is 3.19. The minimum absolute atomic E-state index is 0.0856. The molecule has 0 aromatic carbocycles. The zero-order valence-corrected chi connectivity index (χ0v) is 36.7. The van der Waals surface area contributed by atoms with Crippen LogP contribution >= 0.6 is 7.82 Å². The van der Waals surface area contributed by atoms with Crippen LogP contribution in [0.25, 0.3) is 0 Å². The first-order chi connectivity index (χ1) is 27.5. The van der Waals surface area contributed by atoms with Crippen LogP contribution < -0.4 is 0 Å². The Bertz CT molecular complexity index is 1040. The lowest BCUT2D eigenvalue weighted by Gasteiger charge is -2.20. The van der Waals surface area contributed by atoms with E-state index in [1.54, 1.807) is 0 Å². The molecule has 0 aliphatic heterocycles. The first-order valence-corrected chi connectivity index (χ1v) is 24.0. The Morgan fingerprint density at radius 2 is 1.02 bits per heavy atom. The maximum atomic E-state index is 12.6. The van der Waals surface area contributed by atoms with Gasteiger partial charge in [0.15, 0.2) is 6.10 Å². The van der Waals surface area contributed by atoms with Gasteiger partial charge in [0.1, 0.15) is 12.7 Å². The maximum Gasteiger partial charge on any atom is 0.472 e. The summed E-state index contributed by atoms with van der Waals surface area (Å²) in [4.78, 5) is 35.0. The van der Waals surface area contributed by atoms with Crippen molar-refractivity contribution in [2.75, 3.05) is 26.4 Å². The summed E-state index contributed by atoms with van der Waals surface area (Å²) < 4.78 is 32.6. The predicted octanol–water partition coefficient (Wildman–Crippen LogP) is 9.72. The third kappa shape index (κ3) is 38.3. The van der Waals surface area contributed by atoms with Gasteiger partial charge >= 0.3 is 19.8 Å². The summed E-state index contributed by atoms with van der Waals surface area (Å²) in [6.45, 7) is 2.14. The van der Waals surface area contributed by atoms with Crippen LogP contribution in [0.15, 0.2) is 24.3 Å². The van der Waals surface area contributed by atoms with Crippen molar-refractivity contribution in [1.29, 1.82) is 0 Å². The van der Waals surface area contributed by atoms with Gasteiger partial charge < -0.3 is 34.8 Å². The molecule has 0 heterocycles. The van der Waals surface area contributed by atoms with Gasteiger partial charge in [0.05, 0.1) is 32.0 Å². The Kier molecular flexibility index (Phi) is 38.7. The van der Waals surface area contributed by atoms with Crippen molar-refractivity contribution in [2.24, 2.45) is 0 Å². The van der Waals surface area contributed by atoms with E-state index < -0.39 is 64.0 Å². The van der Waals surface area contributed by atoms with Crippen molar-refractivity contribution < 1.29 is 58.0 Å². The fourth-order valence-corrected chi connectivity index (χ4v) is 6.92. The zero-order chi connectivity index (χ0) is 42.2. The molecule has 0 rings (SSSR count). The van der Waals surface area contributed by atoms with Gasteiger partial charge in [0.25, 0.3) is 0 Å². The van der Waals surface area contributed by atoms with E-state index >= 15 is 0 Å². The molecule has 0 aliphatic carbocycles. The molecular formula is C44H83O12P. The summed E-state index contributed by atoms with van der Waals surface area (Å²) in [5, 5.41) is 38.8. The second kappa shape index (κ2) is 39.8. The molecule has 0 amide bonds. The van der Waals surface area contributed by atoms with Crippen LogP contribution in [0.2, 0.25) is 0 Å². The van der Waals surface area contributed by atoms with E-state index in [4.69, 9.17) is 19.1 Å². The molecule has 0 fully saturated rings. The lowest BCUT2D eigenvalue weighted by molar-refractivity contribution is -0.161. The van der Waals surface area contributed by atoms with Gasteiger partial charge in [0.2, 0.25) is 0 Å². The molecule has 12 nitrogen and oxygen atoms in total. The molecule has 0 saturated heterocycles. The second-order valence-electron chi connectivity index (χ2n) is 15.4. The van der Waals surface area contributed by atoms with E-state index in [1.807, 2.05) is 6.08 Å². The third-order valence-corrected chi connectivity index (χ3v) is 10.7. The van der Waals surface area contributed by atoms with Crippen molar-refractivity contribution in [2.45, 2.75) is 218 Å². The van der Waals surface area contributed by atoms with Crippen LogP contribution in [0.1, 0.15) is 194 Å². The number of ether oxygens (including phenoxy) is 2. The normalized spacial score (nSPS) is 15.1. The highest BCUT2D eigenvalue weighted by atomic mass is 31.2. The van der Waals surface area contributed by atoms with Crippen molar-refractivity contribution in [3.8, 4) is 0 Å². The molecule has 1 unspecified atom stereocenters. The van der Waals surface area contributed by atoms with Crippen molar-refractivity contribution in [3.05, 3.63) is 24.3 Å². The summed E-state index contributed by atoms with van der Waals surface area (Å²) in [6, 6.07) is 0. The van der Waals surface area contributed by atoms with E-state index in [1.165, 1.54) is 77.0 Å². The predicted molar refractivity (Wildman–Crippen MR) is 227 cm³/mol. The number of carbonyl (C=O) groups excluding carboxylic acids is 2. The Labute approximate surface area is 345 Å². The number of hydrogen-bond donors (Lipinski definition) is 5. The van der Waals surface area contributed by atoms with E-state index in [9.17, 15) is 34.4 Å². The van der Waals surface area contributed by atoms with Gasteiger partial charge in [-0.05, 0) is 64.2 Å². The molecule has 13 heteroatoms. The van der Waals surface area contributed by atoms with Gasteiger partial charge in [-0.15, -0.1) is 0 Å². The second-order valence-corrected chi connectivity index (χ2v) is 16.8. The Morgan fingerprint density at radius 3 is 1.60 bits per heavy atom. The van der Waals surface area contributed by atoms with E-state index in [0.29, 0.717) is 25.7 Å². The first kappa shape index (κ1) is 55.4. The third-order valence-electron chi connectivity index (χ3n) is 9.78. The van der Waals surface area contributed by atoms with Crippen LogP contribution in [-0.2, 0) is 32.7 Å². The van der Waals surface area contributed by atoms with Gasteiger partial charge in [-0.2, -0.15) is 0 Å². The summed E-state index contributed by atoms with van der Waals surface area (Å²) in [5.74, 6) is -1.04. The summed E-state index contributed by atoms with van der Waals surface area (Å²) in [5.41, 5.74) is 0. The molecule has 0 aromatic rings. The number of phosphoric acid groups is 1. The molecular weight excluding hydrogens is 751 g/mol. The molecule has 5 N–H and O–H groups in total. The fourth-order valence-electron chi connectivity index (χ4n) is 6.13. The Hall–Kier alpha value is -1.63. The van der Waals surface area contributed by atoms with Gasteiger partial charge in [-0.3, -0.25) is 18.6 Å². The van der Waals surface area contributed by atoms with Crippen LogP contribution in [-0.4, -0.2) is 88.1 Å². The van der Waals surface area contributed by atoms with Crippen LogP contribution in [0.3, 0.4) is 0 Å². The zero-order valence-electron chi connectivity index (χ0n) is 35.8. The highest BCUT2D eigenvalue weighted by Gasteiger charge is 2.27. The number of esters is 2. The molecule has 0 bridgehead atoms. The maximum absolute atomic E-state index is 12.6. The fraction of sp³-hybridized carbons (Fsp3) is 0.864. The topological polar surface area (TPSA) is 189 Å². The molecule has 57 heavy (non-hydrogen) atoms. The summed E-state index contributed by atoms with van der Waals surface area (Å²) in [7, 11) is -4.66. The van der Waals surface area contributed by atoms with E-state index in [2.05, 4.69) is 36.6 Å². The number of rotatable bonds is 42. The lowest BCUT2D eigenvalue weighted by Crippen LogP contribution is -2.29. The number of allylic oxidation sites excluding steroid dienone is 3. The summed E-state index contributed by atoms with van der Waals surface area (Å²) in [6.07, 6.45) is 31.6. The molecule has 0 spiro atoms. The lowest BCUT2D eigenvalue weighted by atomic mass is 10.0. The monoisotopic (exact) mass is 835 g/mol. The van der Waals surface area contributed by atoms with E-state index in [-0.39, 0.29) is 19.4 Å². The Morgan fingerprint density at radius 1 is 0.561 bits per heavy atom. The largest absolute Gasteiger partial charge is 0.472 e. The number of unbranched alkanes of at least 4 members (excludes halogenated alkanes) is 20.